The molecule has 0 unspecified atom stereocenters. The molecule has 2 fully saturated rings. The standard InChI is InChI=1S/C23H25N3O5S/c27-21-12-13-22(28)26(21)19-7-5-6-17(16-19)23(29)24-18-8-10-20(11-9-18)32(30,31)25-14-3-1-2-4-15-25/h5-11,16H,1-4,12-15H2,(H,24,29). The topological polar surface area (TPSA) is 104 Å². The van der Waals surface area contributed by atoms with Gasteiger partial charge in [-0.2, -0.15) is 4.31 Å². The predicted molar refractivity (Wildman–Crippen MR) is 120 cm³/mol. The van der Waals surface area contributed by atoms with Crippen molar-refractivity contribution in [3.63, 3.8) is 0 Å². The van der Waals surface area contributed by atoms with Gasteiger partial charge >= 0.3 is 0 Å². The van der Waals surface area contributed by atoms with E-state index in [1.807, 2.05) is 0 Å². The van der Waals surface area contributed by atoms with Gasteiger partial charge in [-0.25, -0.2) is 8.42 Å². The average Bonchev–Trinajstić information content (AvgIpc) is 2.98. The van der Waals surface area contributed by atoms with Crippen molar-refractivity contribution >= 4 is 39.1 Å². The Balaban J connectivity index is 1.47. The van der Waals surface area contributed by atoms with Crippen LogP contribution in [0.2, 0.25) is 0 Å². The molecule has 2 heterocycles. The van der Waals surface area contributed by atoms with Crippen LogP contribution >= 0.6 is 0 Å². The summed E-state index contributed by atoms with van der Waals surface area (Å²) in [4.78, 5) is 37.9. The highest BCUT2D eigenvalue weighted by Gasteiger charge is 2.30. The van der Waals surface area contributed by atoms with E-state index in [4.69, 9.17) is 0 Å². The van der Waals surface area contributed by atoms with Crippen molar-refractivity contribution < 1.29 is 22.8 Å². The van der Waals surface area contributed by atoms with Crippen LogP contribution in [0.4, 0.5) is 11.4 Å². The highest BCUT2D eigenvalue weighted by Crippen LogP contribution is 2.25. The first-order chi connectivity index (χ1) is 15.4. The molecule has 3 amide bonds. The van der Waals surface area contributed by atoms with Gasteiger partial charge in [0.15, 0.2) is 0 Å². The van der Waals surface area contributed by atoms with E-state index in [1.165, 1.54) is 22.5 Å². The molecule has 0 aliphatic carbocycles. The van der Waals surface area contributed by atoms with Crippen LogP contribution in [0.3, 0.4) is 0 Å². The molecule has 4 rings (SSSR count). The van der Waals surface area contributed by atoms with Crippen LogP contribution in [0, 0.1) is 0 Å². The SMILES string of the molecule is O=C(Nc1ccc(S(=O)(=O)N2CCCCCC2)cc1)c1cccc(N2C(=O)CCC2=O)c1. The lowest BCUT2D eigenvalue weighted by Gasteiger charge is -2.20. The molecule has 9 heteroatoms. The lowest BCUT2D eigenvalue weighted by atomic mass is 10.1. The number of carbonyl (C=O) groups excluding carboxylic acids is 3. The minimum absolute atomic E-state index is 0.169. The lowest BCUT2D eigenvalue weighted by Crippen LogP contribution is -2.31. The molecule has 168 valence electrons. The summed E-state index contributed by atoms with van der Waals surface area (Å²) in [6.07, 6.45) is 4.14. The number of carbonyl (C=O) groups is 3. The third-order valence-electron chi connectivity index (χ3n) is 5.73. The number of anilines is 2. The highest BCUT2D eigenvalue weighted by atomic mass is 32.2. The predicted octanol–water partition coefficient (Wildman–Crippen LogP) is 3.16. The summed E-state index contributed by atoms with van der Waals surface area (Å²) in [6.45, 7) is 1.05. The summed E-state index contributed by atoms with van der Waals surface area (Å²) >= 11 is 0. The Kier molecular flexibility index (Phi) is 6.38. The fraction of sp³-hybridized carbons (Fsp3) is 0.348. The summed E-state index contributed by atoms with van der Waals surface area (Å²) in [5.41, 5.74) is 1.10. The van der Waals surface area contributed by atoms with Gasteiger partial charge < -0.3 is 5.32 Å². The second-order valence-electron chi connectivity index (χ2n) is 7.97. The third-order valence-corrected chi connectivity index (χ3v) is 7.65. The summed E-state index contributed by atoms with van der Waals surface area (Å²) in [5, 5.41) is 2.73. The fourth-order valence-corrected chi connectivity index (χ4v) is 5.51. The monoisotopic (exact) mass is 455 g/mol. The number of nitrogens with one attached hydrogen (secondary N) is 1. The van der Waals surface area contributed by atoms with Gasteiger partial charge in [-0.3, -0.25) is 19.3 Å². The molecule has 0 radical (unpaired) electrons. The largest absolute Gasteiger partial charge is 0.322 e. The molecule has 2 aromatic carbocycles. The Labute approximate surface area is 187 Å². The number of nitrogens with zero attached hydrogens (tertiary/aromatic N) is 2. The van der Waals surface area contributed by atoms with Crippen molar-refractivity contribution in [1.29, 1.82) is 0 Å². The number of imide groups is 1. The van der Waals surface area contributed by atoms with Crippen molar-refractivity contribution in [1.82, 2.24) is 4.31 Å². The van der Waals surface area contributed by atoms with Crippen molar-refractivity contribution in [3.8, 4) is 0 Å². The van der Waals surface area contributed by atoms with Crippen LogP contribution < -0.4 is 10.2 Å². The van der Waals surface area contributed by atoms with E-state index in [0.717, 1.165) is 30.6 Å². The maximum Gasteiger partial charge on any atom is 0.255 e. The molecule has 0 bridgehead atoms. The molecule has 2 aromatic rings. The second-order valence-corrected chi connectivity index (χ2v) is 9.91. The number of sulfonamides is 1. The van der Waals surface area contributed by atoms with E-state index in [1.54, 1.807) is 30.3 Å². The summed E-state index contributed by atoms with van der Waals surface area (Å²) in [6, 6.07) is 12.4. The summed E-state index contributed by atoms with van der Waals surface area (Å²) in [5.74, 6) is -0.989. The zero-order valence-electron chi connectivity index (χ0n) is 17.6. The molecule has 8 nitrogen and oxygen atoms in total. The third kappa shape index (κ3) is 4.58. The van der Waals surface area contributed by atoms with E-state index in [0.29, 0.717) is 24.5 Å². The average molecular weight is 456 g/mol. The van der Waals surface area contributed by atoms with Gasteiger partial charge in [0.05, 0.1) is 10.6 Å². The normalized spacial score (nSPS) is 17.9. The molecule has 2 aliphatic heterocycles. The molecule has 0 saturated carbocycles. The van der Waals surface area contributed by atoms with E-state index in [2.05, 4.69) is 5.32 Å². The maximum absolute atomic E-state index is 12.9. The number of hydrogen-bond donors (Lipinski definition) is 1. The van der Waals surface area contributed by atoms with Gasteiger partial charge in [-0.05, 0) is 55.3 Å². The molecule has 0 atom stereocenters. The van der Waals surface area contributed by atoms with Gasteiger partial charge in [-0.1, -0.05) is 18.9 Å². The van der Waals surface area contributed by atoms with Crippen molar-refractivity contribution in [3.05, 3.63) is 54.1 Å². The lowest BCUT2D eigenvalue weighted by molar-refractivity contribution is -0.121. The van der Waals surface area contributed by atoms with E-state index in [9.17, 15) is 22.8 Å². The summed E-state index contributed by atoms with van der Waals surface area (Å²) < 4.78 is 27.3. The smallest absolute Gasteiger partial charge is 0.255 e. The molecule has 32 heavy (non-hydrogen) atoms. The first kappa shape index (κ1) is 22.2. The van der Waals surface area contributed by atoms with Crippen LogP contribution in [0.1, 0.15) is 48.9 Å². The molecule has 1 N–H and O–H groups in total. The number of benzene rings is 2. The van der Waals surface area contributed by atoms with Gasteiger partial charge in [0.2, 0.25) is 21.8 Å². The zero-order chi connectivity index (χ0) is 22.7. The Morgan fingerprint density at radius 1 is 0.844 bits per heavy atom. The summed E-state index contributed by atoms with van der Waals surface area (Å²) in [7, 11) is -3.56. The number of amides is 3. The molecule has 2 aliphatic rings. The van der Waals surface area contributed by atoms with Crippen LogP contribution in [0.15, 0.2) is 53.4 Å². The van der Waals surface area contributed by atoms with Crippen LogP contribution in [0.25, 0.3) is 0 Å². The van der Waals surface area contributed by atoms with Crippen LogP contribution in [0.5, 0.6) is 0 Å². The first-order valence-electron chi connectivity index (χ1n) is 10.7. The molecular weight excluding hydrogens is 430 g/mol. The molecule has 0 spiro atoms. The highest BCUT2D eigenvalue weighted by molar-refractivity contribution is 7.89. The Hall–Kier alpha value is -3.04. The Bertz CT molecular complexity index is 1120. The number of rotatable bonds is 5. The zero-order valence-corrected chi connectivity index (χ0v) is 18.4. The maximum atomic E-state index is 12.9. The van der Waals surface area contributed by atoms with E-state index >= 15 is 0 Å². The van der Waals surface area contributed by atoms with Crippen molar-refractivity contribution in [2.75, 3.05) is 23.3 Å². The molecular formula is C23H25N3O5S. The minimum atomic E-state index is -3.56. The fourth-order valence-electron chi connectivity index (χ4n) is 4.00. The Morgan fingerprint density at radius 3 is 2.09 bits per heavy atom. The van der Waals surface area contributed by atoms with Gasteiger partial charge in [0, 0.05) is 37.2 Å². The van der Waals surface area contributed by atoms with Crippen LogP contribution in [-0.2, 0) is 19.6 Å². The van der Waals surface area contributed by atoms with Crippen LogP contribution in [-0.4, -0.2) is 43.5 Å². The molecule has 0 aromatic heterocycles. The van der Waals surface area contributed by atoms with Gasteiger partial charge in [0.25, 0.3) is 5.91 Å². The Morgan fingerprint density at radius 2 is 1.47 bits per heavy atom. The van der Waals surface area contributed by atoms with Crippen molar-refractivity contribution in [2.45, 2.75) is 43.4 Å². The first-order valence-corrected chi connectivity index (χ1v) is 12.2. The van der Waals surface area contributed by atoms with Crippen molar-refractivity contribution in [2.24, 2.45) is 0 Å². The van der Waals surface area contributed by atoms with Gasteiger partial charge in [-0.15, -0.1) is 0 Å². The second kappa shape index (κ2) is 9.22. The number of hydrogen-bond acceptors (Lipinski definition) is 5. The van der Waals surface area contributed by atoms with Gasteiger partial charge in [0.1, 0.15) is 0 Å². The minimum Gasteiger partial charge on any atom is -0.322 e. The van der Waals surface area contributed by atoms with E-state index < -0.39 is 15.9 Å². The quantitative estimate of drug-likeness (QED) is 0.698. The molecule has 2 saturated heterocycles. The van der Waals surface area contributed by atoms with E-state index in [-0.39, 0.29) is 35.1 Å².